The number of aromatic nitrogens is 1. The summed E-state index contributed by atoms with van der Waals surface area (Å²) >= 11 is 1.36. The number of carbonyl (C=O) groups is 3. The van der Waals surface area contributed by atoms with E-state index in [1.54, 1.807) is 11.6 Å². The Balaban J connectivity index is 1.31. The van der Waals surface area contributed by atoms with E-state index in [1.165, 1.54) is 16.2 Å². The number of nitrogens with zero attached hydrogens (tertiary/aromatic N) is 2. The number of hydrogen-bond donors (Lipinski definition) is 1. The van der Waals surface area contributed by atoms with Gasteiger partial charge in [0.15, 0.2) is 5.13 Å². The number of anilines is 1. The molecule has 0 aromatic carbocycles. The van der Waals surface area contributed by atoms with Crippen LogP contribution in [0.5, 0.6) is 0 Å². The molecule has 2 bridgehead atoms. The lowest BCUT2D eigenvalue weighted by atomic mass is 9.85. The summed E-state index contributed by atoms with van der Waals surface area (Å²) in [5.74, 6) is -0.0575. The number of likely N-dealkylation sites (tertiary alicyclic amines) is 1. The number of carbonyl (C=O) groups excluding carboxylic acids is 3. The van der Waals surface area contributed by atoms with E-state index in [0.29, 0.717) is 18.1 Å². The van der Waals surface area contributed by atoms with Gasteiger partial charge in [0.25, 0.3) is 0 Å². The number of hydrogen-bond acceptors (Lipinski definition) is 5. The molecule has 1 aromatic rings. The van der Waals surface area contributed by atoms with E-state index in [-0.39, 0.29) is 47.8 Å². The molecular weight excluding hydrogens is 314 g/mol. The monoisotopic (exact) mass is 331 g/mol. The van der Waals surface area contributed by atoms with Gasteiger partial charge in [-0.25, -0.2) is 4.98 Å². The topological polar surface area (TPSA) is 79.4 Å². The van der Waals surface area contributed by atoms with Gasteiger partial charge in [-0.15, -0.1) is 11.3 Å². The Kier molecular flexibility index (Phi) is 3.52. The van der Waals surface area contributed by atoms with E-state index >= 15 is 0 Å². The minimum Gasteiger partial charge on any atom is -0.302 e. The molecule has 2 fully saturated rings. The summed E-state index contributed by atoms with van der Waals surface area (Å²) in [6.07, 6.45) is 7.50. The molecule has 1 aliphatic heterocycles. The molecule has 120 valence electrons. The highest BCUT2D eigenvalue weighted by Gasteiger charge is 2.58. The third kappa shape index (κ3) is 2.39. The molecule has 2 aliphatic carbocycles. The van der Waals surface area contributed by atoms with Gasteiger partial charge < -0.3 is 5.32 Å². The Labute approximate surface area is 137 Å². The van der Waals surface area contributed by atoms with Gasteiger partial charge in [-0.1, -0.05) is 12.2 Å². The van der Waals surface area contributed by atoms with Crippen LogP contribution < -0.4 is 5.32 Å². The van der Waals surface area contributed by atoms with Crippen molar-refractivity contribution in [3.8, 4) is 0 Å². The van der Waals surface area contributed by atoms with Crippen molar-refractivity contribution in [2.24, 2.45) is 23.7 Å². The third-order valence-electron chi connectivity index (χ3n) is 5.03. The highest BCUT2D eigenvalue weighted by atomic mass is 32.1. The minimum absolute atomic E-state index is 0.0443. The zero-order valence-electron chi connectivity index (χ0n) is 12.5. The van der Waals surface area contributed by atoms with Crippen molar-refractivity contribution < 1.29 is 14.4 Å². The van der Waals surface area contributed by atoms with Crippen molar-refractivity contribution in [3.63, 3.8) is 0 Å². The van der Waals surface area contributed by atoms with Crippen LogP contribution in [0.1, 0.15) is 19.3 Å². The Morgan fingerprint density at radius 2 is 1.96 bits per heavy atom. The van der Waals surface area contributed by atoms with Crippen LogP contribution in [0.15, 0.2) is 23.7 Å². The molecule has 3 aliphatic rings. The molecule has 1 saturated heterocycles. The first kappa shape index (κ1) is 14.6. The van der Waals surface area contributed by atoms with E-state index in [9.17, 15) is 14.4 Å². The minimum atomic E-state index is -0.151. The fraction of sp³-hybridized carbons (Fsp3) is 0.500. The van der Waals surface area contributed by atoms with Gasteiger partial charge in [-0.05, 0) is 24.7 Å². The van der Waals surface area contributed by atoms with Gasteiger partial charge >= 0.3 is 0 Å². The molecule has 0 spiro atoms. The van der Waals surface area contributed by atoms with Gasteiger partial charge in [-0.2, -0.15) is 0 Å². The fourth-order valence-corrected chi connectivity index (χ4v) is 4.59. The molecule has 6 nitrogen and oxygen atoms in total. The van der Waals surface area contributed by atoms with Crippen molar-refractivity contribution in [1.82, 2.24) is 9.88 Å². The van der Waals surface area contributed by atoms with Crippen LogP contribution >= 0.6 is 11.3 Å². The first-order chi connectivity index (χ1) is 11.1. The van der Waals surface area contributed by atoms with Crippen LogP contribution in [-0.4, -0.2) is 34.2 Å². The summed E-state index contributed by atoms with van der Waals surface area (Å²) in [7, 11) is 0. The predicted molar refractivity (Wildman–Crippen MR) is 84.4 cm³/mol. The zero-order chi connectivity index (χ0) is 16.0. The summed E-state index contributed by atoms with van der Waals surface area (Å²) in [4.78, 5) is 42.1. The number of rotatable bonds is 5. The highest BCUT2D eigenvalue weighted by molar-refractivity contribution is 7.13. The lowest BCUT2D eigenvalue weighted by Crippen LogP contribution is -2.34. The molecule has 4 atom stereocenters. The summed E-state index contributed by atoms with van der Waals surface area (Å²) in [6.45, 7) is 0.329. The van der Waals surface area contributed by atoms with Crippen LogP contribution in [0, 0.1) is 23.7 Å². The quantitative estimate of drug-likeness (QED) is 0.657. The lowest BCUT2D eigenvalue weighted by molar-refractivity contribution is -0.141. The number of fused-ring (bicyclic) bond motifs is 5. The van der Waals surface area contributed by atoms with Crippen molar-refractivity contribution >= 4 is 34.2 Å². The van der Waals surface area contributed by atoms with Crippen LogP contribution in [0.4, 0.5) is 5.13 Å². The second-order valence-electron chi connectivity index (χ2n) is 6.32. The normalized spacial score (nSPS) is 31.0. The molecule has 23 heavy (non-hydrogen) atoms. The molecule has 2 heterocycles. The number of amides is 3. The summed E-state index contributed by atoms with van der Waals surface area (Å²) in [6, 6.07) is 0. The second kappa shape index (κ2) is 5.56. The van der Waals surface area contributed by atoms with Crippen molar-refractivity contribution in [2.75, 3.05) is 11.9 Å². The maximum atomic E-state index is 12.5. The molecule has 4 rings (SSSR count). The number of allylic oxidation sites excluding steroid dienone is 2. The second-order valence-corrected chi connectivity index (χ2v) is 7.21. The van der Waals surface area contributed by atoms with Crippen LogP contribution in [0.3, 0.4) is 0 Å². The Hall–Kier alpha value is -2.02. The lowest BCUT2D eigenvalue weighted by Gasteiger charge is -2.16. The smallest absolute Gasteiger partial charge is 0.233 e. The zero-order valence-corrected chi connectivity index (χ0v) is 13.3. The van der Waals surface area contributed by atoms with E-state index in [1.807, 2.05) is 0 Å². The summed E-state index contributed by atoms with van der Waals surface area (Å²) in [5, 5.41) is 5.06. The fourth-order valence-electron chi connectivity index (χ4n) is 4.05. The SMILES string of the molecule is O=C(CCCN1C(=O)C2C3C=CC(C3)C2C1=O)Nc1nccs1. The van der Waals surface area contributed by atoms with E-state index < -0.39 is 0 Å². The number of thiazole rings is 1. The van der Waals surface area contributed by atoms with Gasteiger partial charge in [0.05, 0.1) is 11.8 Å². The van der Waals surface area contributed by atoms with Crippen molar-refractivity contribution in [1.29, 1.82) is 0 Å². The Bertz CT molecular complexity index is 655. The van der Waals surface area contributed by atoms with Crippen molar-refractivity contribution in [3.05, 3.63) is 23.7 Å². The maximum Gasteiger partial charge on any atom is 0.233 e. The largest absolute Gasteiger partial charge is 0.302 e. The molecule has 7 heteroatoms. The molecule has 1 aromatic heterocycles. The first-order valence-corrected chi connectivity index (χ1v) is 8.76. The molecular formula is C16H17N3O3S. The maximum absolute atomic E-state index is 12.5. The standard InChI is InChI=1S/C16H17N3O3S/c20-11(18-16-17-5-7-23-16)2-1-6-19-14(21)12-9-3-4-10(8-9)13(12)15(19)22/h3-5,7,9-10,12-13H,1-2,6,8H2,(H,17,18,20). The van der Waals surface area contributed by atoms with Crippen LogP contribution in [0.25, 0.3) is 0 Å². The summed E-state index contributed by atoms with van der Waals surface area (Å²) in [5.41, 5.74) is 0. The highest BCUT2D eigenvalue weighted by Crippen LogP contribution is 2.52. The molecule has 3 amide bonds. The predicted octanol–water partition coefficient (Wildman–Crippen LogP) is 1.67. The van der Waals surface area contributed by atoms with Crippen LogP contribution in [0.2, 0.25) is 0 Å². The Morgan fingerprint density at radius 3 is 2.57 bits per heavy atom. The summed E-state index contributed by atoms with van der Waals surface area (Å²) < 4.78 is 0. The molecule has 0 radical (unpaired) electrons. The van der Waals surface area contributed by atoms with Gasteiger partial charge in [0.1, 0.15) is 0 Å². The third-order valence-corrected chi connectivity index (χ3v) is 5.71. The number of nitrogens with one attached hydrogen (secondary N) is 1. The van der Waals surface area contributed by atoms with Gasteiger partial charge in [0.2, 0.25) is 17.7 Å². The average molecular weight is 331 g/mol. The Morgan fingerprint density at radius 1 is 1.26 bits per heavy atom. The van der Waals surface area contributed by atoms with Gasteiger partial charge in [-0.3, -0.25) is 19.3 Å². The molecule has 4 unspecified atom stereocenters. The molecule has 1 N–H and O–H groups in total. The van der Waals surface area contributed by atoms with E-state index in [4.69, 9.17) is 0 Å². The van der Waals surface area contributed by atoms with E-state index in [0.717, 1.165) is 6.42 Å². The average Bonchev–Trinajstić information content (AvgIpc) is 3.28. The van der Waals surface area contributed by atoms with E-state index in [2.05, 4.69) is 22.5 Å². The number of imide groups is 1. The molecule has 1 saturated carbocycles. The first-order valence-electron chi connectivity index (χ1n) is 7.88. The van der Waals surface area contributed by atoms with Crippen LogP contribution in [-0.2, 0) is 14.4 Å². The van der Waals surface area contributed by atoms with Crippen molar-refractivity contribution in [2.45, 2.75) is 19.3 Å². The van der Waals surface area contributed by atoms with Gasteiger partial charge in [0, 0.05) is 24.5 Å².